The maximum Gasteiger partial charge on any atom is 0.120 e. The third-order valence-electron chi connectivity index (χ3n) is 3.53. The molecule has 0 aliphatic rings. The standard InChI is InChI=1S/C17H21NO2S/c1-3-16(15-6-4-5-7-17(15)19)18-12-13-8-10-14(11-9-13)21(2)20/h4-11,16,18-19H,3,12H2,1-2H3/t16-,21-/m1/s1. The summed E-state index contributed by atoms with van der Waals surface area (Å²) >= 11 is 0. The summed E-state index contributed by atoms with van der Waals surface area (Å²) < 4.78 is 11.4. The highest BCUT2D eigenvalue weighted by molar-refractivity contribution is 7.84. The Kier molecular flexibility index (Phi) is 5.53. The molecule has 0 amide bonds. The number of rotatable bonds is 6. The Labute approximate surface area is 128 Å². The molecular weight excluding hydrogens is 282 g/mol. The molecule has 0 unspecified atom stereocenters. The largest absolute Gasteiger partial charge is 0.508 e. The number of aromatic hydroxyl groups is 1. The number of hydrogen-bond acceptors (Lipinski definition) is 3. The van der Waals surface area contributed by atoms with Gasteiger partial charge in [0.25, 0.3) is 0 Å². The van der Waals surface area contributed by atoms with Gasteiger partial charge in [0.2, 0.25) is 0 Å². The molecule has 0 aromatic heterocycles. The first-order valence-corrected chi connectivity index (χ1v) is 8.61. The van der Waals surface area contributed by atoms with Crippen molar-refractivity contribution in [2.45, 2.75) is 30.8 Å². The lowest BCUT2D eigenvalue weighted by molar-refractivity contribution is 0.441. The Morgan fingerprint density at radius 1 is 1.14 bits per heavy atom. The maximum absolute atomic E-state index is 11.4. The van der Waals surface area contributed by atoms with Crippen LogP contribution in [0.3, 0.4) is 0 Å². The van der Waals surface area contributed by atoms with E-state index in [0.29, 0.717) is 12.3 Å². The lowest BCUT2D eigenvalue weighted by Gasteiger charge is -2.18. The first-order chi connectivity index (χ1) is 10.1. The van der Waals surface area contributed by atoms with E-state index in [9.17, 15) is 9.32 Å². The van der Waals surface area contributed by atoms with Crippen LogP contribution in [-0.4, -0.2) is 15.6 Å². The number of nitrogens with one attached hydrogen (secondary N) is 1. The molecule has 0 saturated heterocycles. The minimum atomic E-state index is -0.938. The average Bonchev–Trinajstić information content (AvgIpc) is 2.50. The van der Waals surface area contributed by atoms with Gasteiger partial charge < -0.3 is 10.4 Å². The van der Waals surface area contributed by atoms with Crippen molar-refractivity contribution in [3.8, 4) is 5.75 Å². The summed E-state index contributed by atoms with van der Waals surface area (Å²) in [7, 11) is -0.938. The molecule has 2 rings (SSSR count). The fraction of sp³-hybridized carbons (Fsp3) is 0.294. The van der Waals surface area contributed by atoms with Crippen LogP contribution in [-0.2, 0) is 17.3 Å². The van der Waals surface area contributed by atoms with E-state index in [2.05, 4.69) is 12.2 Å². The van der Waals surface area contributed by atoms with Crippen molar-refractivity contribution in [3.05, 3.63) is 59.7 Å². The molecule has 0 fully saturated rings. The fourth-order valence-electron chi connectivity index (χ4n) is 2.30. The van der Waals surface area contributed by atoms with Crippen LogP contribution in [0.2, 0.25) is 0 Å². The molecule has 2 atom stereocenters. The zero-order valence-corrected chi connectivity index (χ0v) is 13.2. The molecule has 0 radical (unpaired) electrons. The Morgan fingerprint density at radius 3 is 2.38 bits per heavy atom. The van der Waals surface area contributed by atoms with Crippen molar-refractivity contribution in [2.75, 3.05) is 6.26 Å². The highest BCUT2D eigenvalue weighted by Crippen LogP contribution is 2.26. The molecule has 3 nitrogen and oxygen atoms in total. The maximum atomic E-state index is 11.4. The number of hydrogen-bond donors (Lipinski definition) is 2. The molecule has 112 valence electrons. The summed E-state index contributed by atoms with van der Waals surface area (Å²) in [5, 5.41) is 13.4. The zero-order chi connectivity index (χ0) is 15.2. The van der Waals surface area contributed by atoms with E-state index >= 15 is 0 Å². The van der Waals surface area contributed by atoms with Crippen LogP contribution in [0.25, 0.3) is 0 Å². The molecule has 2 N–H and O–H groups in total. The average molecular weight is 303 g/mol. The van der Waals surface area contributed by atoms with Crippen molar-refractivity contribution in [1.82, 2.24) is 5.32 Å². The van der Waals surface area contributed by atoms with E-state index < -0.39 is 10.8 Å². The summed E-state index contributed by atoms with van der Waals surface area (Å²) in [5.74, 6) is 0.327. The molecule has 2 aromatic carbocycles. The van der Waals surface area contributed by atoms with Gasteiger partial charge in [0.15, 0.2) is 0 Å². The number of phenols is 1. The van der Waals surface area contributed by atoms with Gasteiger partial charge in [0.1, 0.15) is 5.75 Å². The quantitative estimate of drug-likeness (QED) is 0.860. The summed E-state index contributed by atoms with van der Waals surface area (Å²) in [6.45, 7) is 2.80. The topological polar surface area (TPSA) is 49.3 Å². The van der Waals surface area contributed by atoms with Crippen molar-refractivity contribution in [3.63, 3.8) is 0 Å². The molecule has 2 aromatic rings. The molecule has 0 heterocycles. The lowest BCUT2D eigenvalue weighted by Crippen LogP contribution is -2.20. The number of benzene rings is 2. The molecule has 0 spiro atoms. The highest BCUT2D eigenvalue weighted by Gasteiger charge is 2.12. The molecule has 0 aliphatic heterocycles. The second-order valence-corrected chi connectivity index (χ2v) is 6.38. The first-order valence-electron chi connectivity index (χ1n) is 7.05. The van der Waals surface area contributed by atoms with Crippen LogP contribution in [0, 0.1) is 0 Å². The van der Waals surface area contributed by atoms with Crippen LogP contribution >= 0.6 is 0 Å². The van der Waals surface area contributed by atoms with Crippen LogP contribution in [0.4, 0.5) is 0 Å². The number of para-hydroxylation sites is 1. The normalized spacial score (nSPS) is 13.8. The van der Waals surface area contributed by atoms with Gasteiger partial charge in [0, 0.05) is 40.1 Å². The van der Waals surface area contributed by atoms with Gasteiger partial charge >= 0.3 is 0 Å². The van der Waals surface area contributed by atoms with Gasteiger partial charge in [-0.05, 0) is 30.2 Å². The number of phenolic OH excluding ortho intramolecular Hbond substituents is 1. The van der Waals surface area contributed by atoms with E-state index in [1.807, 2.05) is 42.5 Å². The SMILES string of the molecule is CC[C@@H](NCc1ccc([S@@](C)=O)cc1)c1ccccc1O. The van der Waals surface area contributed by atoms with Gasteiger partial charge in [-0.1, -0.05) is 37.3 Å². The molecule has 0 aliphatic carbocycles. The van der Waals surface area contributed by atoms with Crippen LogP contribution in [0.15, 0.2) is 53.4 Å². The Bertz CT molecular complexity index is 610. The Morgan fingerprint density at radius 2 is 1.81 bits per heavy atom. The fourth-order valence-corrected chi connectivity index (χ4v) is 2.82. The predicted molar refractivity (Wildman–Crippen MR) is 86.8 cm³/mol. The van der Waals surface area contributed by atoms with Crippen LogP contribution < -0.4 is 5.32 Å². The summed E-state index contributed by atoms with van der Waals surface area (Å²) in [6.07, 6.45) is 2.58. The predicted octanol–water partition coefficient (Wildman–Crippen LogP) is 3.37. The molecule has 0 bridgehead atoms. The van der Waals surface area contributed by atoms with Gasteiger partial charge in [0.05, 0.1) is 0 Å². The second kappa shape index (κ2) is 7.38. The van der Waals surface area contributed by atoms with Crippen molar-refractivity contribution in [2.24, 2.45) is 0 Å². The van der Waals surface area contributed by atoms with Crippen LogP contribution in [0.5, 0.6) is 5.75 Å². The smallest absolute Gasteiger partial charge is 0.120 e. The molecule has 0 saturated carbocycles. The second-order valence-electron chi connectivity index (χ2n) is 5.00. The van der Waals surface area contributed by atoms with E-state index in [1.165, 1.54) is 0 Å². The molecular formula is C17H21NO2S. The van der Waals surface area contributed by atoms with E-state index in [1.54, 1.807) is 12.3 Å². The minimum absolute atomic E-state index is 0.117. The van der Waals surface area contributed by atoms with Crippen molar-refractivity contribution >= 4 is 10.8 Å². The summed E-state index contributed by atoms with van der Waals surface area (Å²) in [4.78, 5) is 0.839. The lowest BCUT2D eigenvalue weighted by atomic mass is 10.0. The van der Waals surface area contributed by atoms with Gasteiger partial charge in [-0.25, -0.2) is 0 Å². The van der Waals surface area contributed by atoms with E-state index in [-0.39, 0.29) is 6.04 Å². The first kappa shape index (κ1) is 15.7. The molecule has 21 heavy (non-hydrogen) atoms. The summed E-state index contributed by atoms with van der Waals surface area (Å²) in [5.41, 5.74) is 2.06. The zero-order valence-electron chi connectivity index (χ0n) is 12.4. The summed E-state index contributed by atoms with van der Waals surface area (Å²) in [6, 6.07) is 15.3. The minimum Gasteiger partial charge on any atom is -0.508 e. The van der Waals surface area contributed by atoms with E-state index in [4.69, 9.17) is 0 Å². The van der Waals surface area contributed by atoms with Crippen LogP contribution in [0.1, 0.15) is 30.5 Å². The Balaban J connectivity index is 2.03. The Hall–Kier alpha value is -1.65. The monoisotopic (exact) mass is 303 g/mol. The van der Waals surface area contributed by atoms with Crippen molar-refractivity contribution < 1.29 is 9.32 Å². The third-order valence-corrected chi connectivity index (χ3v) is 4.46. The third kappa shape index (κ3) is 4.16. The molecule has 4 heteroatoms. The van der Waals surface area contributed by atoms with Gasteiger partial charge in [-0.15, -0.1) is 0 Å². The van der Waals surface area contributed by atoms with E-state index in [0.717, 1.165) is 22.4 Å². The van der Waals surface area contributed by atoms with Gasteiger partial charge in [-0.3, -0.25) is 4.21 Å². The van der Waals surface area contributed by atoms with Crippen molar-refractivity contribution in [1.29, 1.82) is 0 Å². The highest BCUT2D eigenvalue weighted by atomic mass is 32.2. The van der Waals surface area contributed by atoms with Gasteiger partial charge in [-0.2, -0.15) is 0 Å².